The van der Waals surface area contributed by atoms with E-state index in [2.05, 4.69) is 10.4 Å². The highest BCUT2D eigenvalue weighted by molar-refractivity contribution is 5.97. The highest BCUT2D eigenvalue weighted by atomic mass is 19.2. The van der Waals surface area contributed by atoms with Crippen LogP contribution in [0.2, 0.25) is 0 Å². The van der Waals surface area contributed by atoms with Gasteiger partial charge in [-0.1, -0.05) is 12.1 Å². The Morgan fingerprint density at radius 2 is 1.76 bits per heavy atom. The summed E-state index contributed by atoms with van der Waals surface area (Å²) in [6, 6.07) is 6.84. The van der Waals surface area contributed by atoms with Crippen molar-refractivity contribution in [1.29, 1.82) is 0 Å². The van der Waals surface area contributed by atoms with Gasteiger partial charge in [-0.05, 0) is 24.6 Å². The number of halogens is 3. The van der Waals surface area contributed by atoms with Crippen molar-refractivity contribution in [2.75, 3.05) is 16.8 Å². The molecule has 3 heterocycles. The molecule has 2 aliphatic heterocycles. The van der Waals surface area contributed by atoms with Crippen molar-refractivity contribution in [3.8, 4) is 0 Å². The number of hydrogen-bond acceptors (Lipinski definition) is 4. The maximum absolute atomic E-state index is 13.6. The first-order valence-electron chi connectivity index (χ1n) is 11.5. The van der Waals surface area contributed by atoms with Crippen molar-refractivity contribution >= 4 is 29.3 Å². The lowest BCUT2D eigenvalue weighted by molar-refractivity contribution is -0.117. The van der Waals surface area contributed by atoms with Gasteiger partial charge < -0.3 is 20.2 Å². The fourth-order valence-electron chi connectivity index (χ4n) is 4.77. The number of benzene rings is 2. The van der Waals surface area contributed by atoms with Crippen LogP contribution in [0, 0.1) is 17.5 Å². The molecular weight excluding hydrogens is 491 g/mol. The van der Waals surface area contributed by atoms with E-state index in [9.17, 15) is 27.6 Å². The number of rotatable bonds is 4. The Hall–Kier alpha value is -4.35. The highest BCUT2D eigenvalue weighted by Gasteiger charge is 2.37. The molecule has 9 nitrogen and oxygen atoms in total. The summed E-state index contributed by atoms with van der Waals surface area (Å²) < 4.78 is 42.1. The fraction of sp³-hybridized carbons (Fsp3) is 0.280. The summed E-state index contributed by atoms with van der Waals surface area (Å²) in [6.45, 7) is 2.56. The van der Waals surface area contributed by atoms with Crippen LogP contribution in [0.25, 0.3) is 0 Å². The predicted octanol–water partition coefficient (Wildman–Crippen LogP) is 3.96. The largest absolute Gasteiger partial charge is 0.478 e. The monoisotopic (exact) mass is 513 g/mol. The van der Waals surface area contributed by atoms with Crippen LogP contribution in [0.5, 0.6) is 0 Å². The molecule has 12 heteroatoms. The molecule has 3 amide bonds. The van der Waals surface area contributed by atoms with Crippen molar-refractivity contribution in [3.05, 3.63) is 76.9 Å². The molecule has 0 saturated carbocycles. The van der Waals surface area contributed by atoms with Crippen molar-refractivity contribution in [3.63, 3.8) is 0 Å². The Morgan fingerprint density at radius 3 is 2.41 bits per heavy atom. The topological polar surface area (TPSA) is 108 Å². The number of carboxylic acids is 1. The molecule has 5 rings (SSSR count). The van der Waals surface area contributed by atoms with Gasteiger partial charge in [-0.25, -0.2) is 22.8 Å². The zero-order valence-corrected chi connectivity index (χ0v) is 19.6. The molecule has 192 valence electrons. The van der Waals surface area contributed by atoms with Gasteiger partial charge in [0.15, 0.2) is 17.5 Å². The minimum absolute atomic E-state index is 0.0796. The molecule has 2 N–H and O–H groups in total. The molecule has 2 aliphatic rings. The number of fused-ring (bicyclic) bond motifs is 1. The molecule has 2 atom stereocenters. The number of carbonyl (C=O) groups excluding carboxylic acids is 2. The van der Waals surface area contributed by atoms with Gasteiger partial charge in [0.1, 0.15) is 0 Å². The van der Waals surface area contributed by atoms with E-state index in [1.165, 1.54) is 17.0 Å². The maximum Gasteiger partial charge on any atom is 0.335 e. The lowest BCUT2D eigenvalue weighted by Crippen LogP contribution is -2.47. The number of hydrogen-bond donors (Lipinski definition) is 2. The van der Waals surface area contributed by atoms with E-state index in [4.69, 9.17) is 5.11 Å². The number of amides is 3. The van der Waals surface area contributed by atoms with Crippen LogP contribution in [0.15, 0.2) is 42.6 Å². The van der Waals surface area contributed by atoms with Crippen LogP contribution in [-0.2, 0) is 17.9 Å². The first-order valence-corrected chi connectivity index (χ1v) is 11.5. The molecule has 0 spiro atoms. The number of carbonyl (C=O) groups is 3. The molecule has 0 radical (unpaired) electrons. The smallest absolute Gasteiger partial charge is 0.335 e. The van der Waals surface area contributed by atoms with Crippen molar-refractivity contribution in [2.24, 2.45) is 0 Å². The van der Waals surface area contributed by atoms with Gasteiger partial charge in [-0.2, -0.15) is 5.10 Å². The van der Waals surface area contributed by atoms with E-state index in [1.54, 1.807) is 34.8 Å². The zero-order valence-electron chi connectivity index (χ0n) is 19.6. The number of aromatic carboxylic acids is 1. The SMILES string of the molecule is C[C@H]1Cn2ncc(N3CC(c4ccc(C(=O)O)cc4)CC3=O)c2CN1C(=O)Nc1cc(F)c(F)c(F)c1. The lowest BCUT2D eigenvalue weighted by atomic mass is 9.97. The summed E-state index contributed by atoms with van der Waals surface area (Å²) in [7, 11) is 0. The third-order valence-electron chi connectivity index (χ3n) is 6.76. The maximum atomic E-state index is 13.6. The van der Waals surface area contributed by atoms with Crippen molar-refractivity contribution in [2.45, 2.75) is 38.4 Å². The number of nitrogens with zero attached hydrogens (tertiary/aromatic N) is 4. The van der Waals surface area contributed by atoms with Crippen molar-refractivity contribution in [1.82, 2.24) is 14.7 Å². The Labute approximate surface area is 209 Å². The third kappa shape index (κ3) is 4.50. The van der Waals surface area contributed by atoms with E-state index in [1.807, 2.05) is 0 Å². The summed E-state index contributed by atoms with van der Waals surface area (Å²) in [5.41, 5.74) is 1.96. The van der Waals surface area contributed by atoms with Gasteiger partial charge in [0.05, 0.1) is 42.3 Å². The Bertz CT molecular complexity index is 1380. The number of urea groups is 1. The molecule has 1 fully saturated rings. The number of aromatic nitrogens is 2. The van der Waals surface area contributed by atoms with E-state index < -0.39 is 29.5 Å². The number of anilines is 2. The number of nitrogens with one attached hydrogen (secondary N) is 1. The van der Waals surface area contributed by atoms with E-state index in [-0.39, 0.29) is 42.1 Å². The average Bonchev–Trinajstić information content (AvgIpc) is 3.44. The first kappa shape index (κ1) is 24.3. The normalized spacial score (nSPS) is 19.2. The minimum atomic E-state index is -1.62. The number of carboxylic acid groups (broad SMARTS) is 1. The summed E-state index contributed by atoms with van der Waals surface area (Å²) in [5, 5.41) is 15.9. The van der Waals surface area contributed by atoms with Gasteiger partial charge in [-0.15, -0.1) is 0 Å². The van der Waals surface area contributed by atoms with E-state index >= 15 is 0 Å². The Kier molecular flexibility index (Phi) is 6.10. The van der Waals surface area contributed by atoms with Crippen molar-refractivity contribution < 1.29 is 32.7 Å². The van der Waals surface area contributed by atoms with Gasteiger partial charge in [-0.3, -0.25) is 9.48 Å². The third-order valence-corrected chi connectivity index (χ3v) is 6.76. The molecule has 1 aromatic heterocycles. The fourth-order valence-corrected chi connectivity index (χ4v) is 4.77. The van der Waals surface area contributed by atoms with Crippen LogP contribution < -0.4 is 10.2 Å². The molecule has 37 heavy (non-hydrogen) atoms. The quantitative estimate of drug-likeness (QED) is 0.514. The van der Waals surface area contributed by atoms with Gasteiger partial charge >= 0.3 is 12.0 Å². The predicted molar refractivity (Wildman–Crippen MR) is 126 cm³/mol. The van der Waals surface area contributed by atoms with Crippen LogP contribution in [-0.4, -0.2) is 50.3 Å². The second-order valence-corrected chi connectivity index (χ2v) is 9.15. The first-order chi connectivity index (χ1) is 17.6. The second-order valence-electron chi connectivity index (χ2n) is 9.15. The zero-order chi connectivity index (χ0) is 26.4. The second kappa shape index (κ2) is 9.26. The summed E-state index contributed by atoms with van der Waals surface area (Å²) in [6.07, 6.45) is 1.81. The Balaban J connectivity index is 1.34. The summed E-state index contributed by atoms with van der Waals surface area (Å²) in [4.78, 5) is 40.1. The molecule has 1 saturated heterocycles. The standard InChI is InChI=1S/C25H22F3N5O4/c1-13-10-33-21(12-31(13)25(37)30-17-7-18(26)23(28)19(27)8-17)20(9-29-33)32-11-16(6-22(32)34)14-2-4-15(5-3-14)24(35)36/h2-5,7-9,13,16H,6,10-12H2,1H3,(H,30,37)(H,35,36)/t13-,16?/m0/s1. The molecule has 0 bridgehead atoms. The molecule has 1 unspecified atom stereocenters. The highest BCUT2D eigenvalue weighted by Crippen LogP contribution is 2.35. The van der Waals surface area contributed by atoms with Gasteiger partial charge in [0.25, 0.3) is 0 Å². The van der Waals surface area contributed by atoms with Crippen LogP contribution in [0.1, 0.15) is 40.9 Å². The van der Waals surface area contributed by atoms with Crippen LogP contribution in [0.3, 0.4) is 0 Å². The van der Waals surface area contributed by atoms with Crippen LogP contribution in [0.4, 0.5) is 29.3 Å². The van der Waals surface area contributed by atoms with Crippen LogP contribution >= 0.6 is 0 Å². The molecule has 0 aliphatic carbocycles. The van der Waals surface area contributed by atoms with E-state index in [0.29, 0.717) is 36.6 Å². The average molecular weight is 513 g/mol. The molecular formula is C25H22F3N5O4. The van der Waals surface area contributed by atoms with Gasteiger partial charge in [0, 0.05) is 36.7 Å². The summed E-state index contributed by atoms with van der Waals surface area (Å²) in [5.74, 6) is -5.75. The van der Waals surface area contributed by atoms with Gasteiger partial charge in [0.2, 0.25) is 5.91 Å². The lowest BCUT2D eigenvalue weighted by Gasteiger charge is -2.35. The summed E-state index contributed by atoms with van der Waals surface area (Å²) >= 11 is 0. The van der Waals surface area contributed by atoms with E-state index in [0.717, 1.165) is 5.56 Å². The molecule has 3 aromatic rings. The molecule has 2 aromatic carbocycles. The Morgan fingerprint density at radius 1 is 1.08 bits per heavy atom. The minimum Gasteiger partial charge on any atom is -0.478 e.